The Bertz CT molecular complexity index is 1120. The second-order valence-electron chi connectivity index (χ2n) is 10.0. The van der Waals surface area contributed by atoms with Crippen molar-refractivity contribution < 1.29 is 14.6 Å². The lowest BCUT2D eigenvalue weighted by molar-refractivity contribution is -0.149. The van der Waals surface area contributed by atoms with Gasteiger partial charge in [0.2, 0.25) is 0 Å². The van der Waals surface area contributed by atoms with Crippen molar-refractivity contribution >= 4 is 17.7 Å². The molecule has 2 heterocycles. The van der Waals surface area contributed by atoms with E-state index in [4.69, 9.17) is 4.74 Å². The van der Waals surface area contributed by atoms with Gasteiger partial charge in [-0.2, -0.15) is 0 Å². The number of phenols is 1. The zero-order chi connectivity index (χ0) is 28.8. The molecule has 212 valence electrons. The molecule has 39 heavy (non-hydrogen) atoms. The Balaban J connectivity index is 0.000000590. The van der Waals surface area contributed by atoms with Crippen LogP contribution in [0.25, 0.3) is 6.08 Å². The quantitative estimate of drug-likeness (QED) is 0.263. The van der Waals surface area contributed by atoms with E-state index >= 15 is 0 Å². The molecule has 0 amide bonds. The van der Waals surface area contributed by atoms with E-state index in [1.54, 1.807) is 0 Å². The summed E-state index contributed by atoms with van der Waals surface area (Å²) >= 11 is 0. The number of ether oxygens (including phenoxy) is 1. The third kappa shape index (κ3) is 8.77. The lowest BCUT2D eigenvalue weighted by atomic mass is 9.96. The maximum atomic E-state index is 12.8. The normalized spacial score (nSPS) is 15.5. The summed E-state index contributed by atoms with van der Waals surface area (Å²) in [4.78, 5) is 14.8. The van der Waals surface area contributed by atoms with Crippen LogP contribution in [0.2, 0.25) is 0 Å². The summed E-state index contributed by atoms with van der Waals surface area (Å²) in [5, 5.41) is 13.8. The number of hydrogen-bond acceptors (Lipinski definition) is 5. The molecule has 5 nitrogen and oxygen atoms in total. The lowest BCUT2D eigenvalue weighted by Crippen LogP contribution is -2.37. The van der Waals surface area contributed by atoms with Crippen molar-refractivity contribution in [3.8, 4) is 5.75 Å². The van der Waals surface area contributed by atoms with E-state index in [2.05, 4.69) is 46.2 Å². The van der Waals surface area contributed by atoms with Crippen molar-refractivity contribution in [1.29, 1.82) is 0 Å². The highest BCUT2D eigenvalue weighted by Gasteiger charge is 2.34. The second-order valence-corrected chi connectivity index (χ2v) is 10.0. The molecule has 0 aromatic heterocycles. The number of nitrogens with one attached hydrogen (secondary N) is 1. The van der Waals surface area contributed by atoms with Crippen LogP contribution in [0.3, 0.4) is 0 Å². The number of likely N-dealkylation sites (tertiary alicyclic amines) is 1. The summed E-state index contributed by atoms with van der Waals surface area (Å²) in [7, 11) is 0. The van der Waals surface area contributed by atoms with E-state index < -0.39 is 0 Å². The van der Waals surface area contributed by atoms with Gasteiger partial charge in [0.05, 0.1) is 5.69 Å². The number of unbranched alkanes of at least 4 members (excludes halogenated alkanes) is 2. The summed E-state index contributed by atoms with van der Waals surface area (Å²) in [6.07, 6.45) is 9.68. The van der Waals surface area contributed by atoms with Crippen LogP contribution in [0.5, 0.6) is 5.75 Å². The Hall–Kier alpha value is -3.47. The zero-order valence-electron chi connectivity index (χ0n) is 24.7. The third-order valence-corrected chi connectivity index (χ3v) is 6.69. The van der Waals surface area contributed by atoms with Gasteiger partial charge < -0.3 is 20.1 Å². The highest BCUT2D eigenvalue weighted by atomic mass is 16.5. The van der Waals surface area contributed by atoms with Crippen LogP contribution in [0.15, 0.2) is 72.6 Å². The third-order valence-electron chi connectivity index (χ3n) is 6.69. The highest BCUT2D eigenvalue weighted by Crippen LogP contribution is 2.41. The zero-order valence-corrected chi connectivity index (χ0v) is 24.7. The Morgan fingerprint density at radius 1 is 1.08 bits per heavy atom. The fourth-order valence-corrected chi connectivity index (χ4v) is 4.57. The molecule has 2 aliphatic rings. The van der Waals surface area contributed by atoms with Gasteiger partial charge in [0, 0.05) is 29.1 Å². The van der Waals surface area contributed by atoms with Gasteiger partial charge in [-0.15, -0.1) is 0 Å². The van der Waals surface area contributed by atoms with E-state index in [9.17, 15) is 9.90 Å². The van der Waals surface area contributed by atoms with E-state index in [1.165, 1.54) is 25.7 Å². The molecule has 2 aromatic carbocycles. The van der Waals surface area contributed by atoms with E-state index in [0.717, 1.165) is 53.8 Å². The van der Waals surface area contributed by atoms with Crippen molar-refractivity contribution in [2.75, 3.05) is 11.9 Å². The Kier molecular flexibility index (Phi) is 13.4. The van der Waals surface area contributed by atoms with Crippen molar-refractivity contribution in [2.45, 2.75) is 92.2 Å². The summed E-state index contributed by atoms with van der Waals surface area (Å²) in [6, 6.07) is 13.2. The molecule has 0 radical (unpaired) electrons. The van der Waals surface area contributed by atoms with Gasteiger partial charge in [-0.05, 0) is 36.5 Å². The van der Waals surface area contributed by atoms with Gasteiger partial charge in [-0.25, -0.2) is 4.79 Å². The molecule has 1 unspecified atom stereocenters. The number of nitrogens with zero attached hydrogens (tertiary/aromatic N) is 1. The Morgan fingerprint density at radius 2 is 1.74 bits per heavy atom. The number of esters is 1. The van der Waals surface area contributed by atoms with Crippen LogP contribution in [0.1, 0.15) is 89.8 Å². The molecule has 0 saturated carbocycles. The molecule has 0 spiro atoms. The largest absolute Gasteiger partial charge is 0.505 e. The smallest absolute Gasteiger partial charge is 0.329 e. The average molecular weight is 533 g/mol. The Labute approximate surface area is 236 Å². The van der Waals surface area contributed by atoms with Crippen LogP contribution in [-0.2, 0) is 22.6 Å². The van der Waals surface area contributed by atoms with Crippen molar-refractivity contribution in [2.24, 2.45) is 0 Å². The molecular weight excluding hydrogens is 484 g/mol. The van der Waals surface area contributed by atoms with Gasteiger partial charge in [0.25, 0.3) is 0 Å². The molecule has 1 fully saturated rings. The van der Waals surface area contributed by atoms with Gasteiger partial charge in [0.15, 0.2) is 0 Å². The van der Waals surface area contributed by atoms with Gasteiger partial charge >= 0.3 is 5.97 Å². The number of hydrogen-bond donors (Lipinski definition) is 2. The summed E-state index contributed by atoms with van der Waals surface area (Å²) in [5.74, 6) is 0.0220. The van der Waals surface area contributed by atoms with Crippen molar-refractivity contribution in [3.63, 3.8) is 0 Å². The second kappa shape index (κ2) is 16.5. The number of anilines is 1. The maximum Gasteiger partial charge on any atom is 0.329 e. The first-order chi connectivity index (χ1) is 18.8. The Morgan fingerprint density at radius 3 is 2.33 bits per heavy atom. The highest BCUT2D eigenvalue weighted by molar-refractivity contribution is 5.85. The molecule has 1 saturated heterocycles. The van der Waals surface area contributed by atoms with Gasteiger partial charge in [-0.3, -0.25) is 0 Å². The number of aromatic hydroxyl groups is 1. The number of aryl methyl sites for hydroxylation is 1. The average Bonchev–Trinajstić information content (AvgIpc) is 3.44. The minimum atomic E-state index is -0.359. The molecule has 1 atom stereocenters. The lowest BCUT2D eigenvalue weighted by Gasteiger charge is -2.31. The molecule has 0 bridgehead atoms. The number of phenolic OH excluding ortho intramolecular Hbond substituents is 1. The molecule has 2 aromatic rings. The summed E-state index contributed by atoms with van der Waals surface area (Å²) in [5.41, 5.74) is 5.62. The number of fused-ring (bicyclic) bond motifs is 1. The predicted molar refractivity (Wildman–Crippen MR) is 164 cm³/mol. The maximum absolute atomic E-state index is 12.8. The van der Waals surface area contributed by atoms with Gasteiger partial charge in [0.1, 0.15) is 18.4 Å². The molecule has 2 aliphatic heterocycles. The van der Waals surface area contributed by atoms with Gasteiger partial charge in [-0.1, -0.05) is 116 Å². The SMILES string of the molecule is C=C1Nc2c(ccc(CC)c2O)C=C1C(=C)N1CCCC1C(=O)OCc1ccccc1.CCC.CCCCC. The first-order valence-corrected chi connectivity index (χ1v) is 14.5. The number of carbonyl (C=O) groups excluding carboxylic acids is 1. The fourth-order valence-electron chi connectivity index (χ4n) is 4.57. The molecule has 0 aliphatic carbocycles. The van der Waals surface area contributed by atoms with Crippen LogP contribution in [0.4, 0.5) is 5.69 Å². The number of benzene rings is 2. The van der Waals surface area contributed by atoms with Crippen LogP contribution >= 0.6 is 0 Å². The predicted octanol–water partition coefficient (Wildman–Crippen LogP) is 8.61. The summed E-state index contributed by atoms with van der Waals surface area (Å²) < 4.78 is 5.59. The fraction of sp³-hybridized carbons (Fsp3) is 0.441. The summed E-state index contributed by atoms with van der Waals surface area (Å²) in [6.45, 7) is 20.1. The monoisotopic (exact) mass is 532 g/mol. The first-order valence-electron chi connectivity index (χ1n) is 14.5. The molecule has 4 rings (SSSR count). The van der Waals surface area contributed by atoms with Crippen molar-refractivity contribution in [3.05, 3.63) is 89.3 Å². The van der Waals surface area contributed by atoms with Crippen LogP contribution in [0, 0.1) is 0 Å². The first kappa shape index (κ1) is 31.7. The minimum Gasteiger partial charge on any atom is -0.505 e. The van der Waals surface area contributed by atoms with E-state index in [0.29, 0.717) is 11.4 Å². The standard InChI is InChI=1S/C26H28N2O3.C5H12.C3H8/c1-4-20-12-13-21-15-22(17(2)27-24(21)25(20)29)18(3)28-14-8-11-23(28)26(30)31-16-19-9-6-5-7-10-19;1-3-5-4-2;1-3-2/h5-7,9-10,12-13,15,23,27,29H,2-4,8,11,14,16H2,1H3;3-5H2,1-2H3;3H2,1-2H3. The number of carbonyl (C=O) groups is 1. The topological polar surface area (TPSA) is 61.8 Å². The van der Waals surface area contributed by atoms with Crippen LogP contribution < -0.4 is 5.32 Å². The van der Waals surface area contributed by atoms with Crippen molar-refractivity contribution in [1.82, 2.24) is 4.90 Å². The van der Waals surface area contributed by atoms with Crippen LogP contribution in [-0.4, -0.2) is 28.6 Å². The minimum absolute atomic E-state index is 0.233. The van der Waals surface area contributed by atoms with E-state index in [-0.39, 0.29) is 24.4 Å². The molecule has 5 heteroatoms. The van der Waals surface area contributed by atoms with E-state index in [1.807, 2.05) is 60.4 Å². The molecular formula is C34H48N2O3. The number of rotatable bonds is 8. The molecule has 2 N–H and O–H groups in total.